The summed E-state index contributed by atoms with van der Waals surface area (Å²) >= 11 is 5.52. The van der Waals surface area contributed by atoms with Gasteiger partial charge in [0, 0.05) is 49.4 Å². The van der Waals surface area contributed by atoms with Crippen LogP contribution in [0.15, 0.2) is 25.3 Å². The fourth-order valence-electron chi connectivity index (χ4n) is 6.22. The number of fused-ring (bicyclic) bond motifs is 1. The third-order valence-corrected chi connectivity index (χ3v) is 10.9. The maximum atomic E-state index is 14.2. The molecule has 2 bridgehead atoms. The molecular weight excluding hydrogens is 542 g/mol. The molecule has 0 radical (unpaired) electrons. The van der Waals surface area contributed by atoms with Crippen LogP contribution in [-0.2, 0) is 14.4 Å². The number of halogens is 1. The summed E-state index contributed by atoms with van der Waals surface area (Å²) in [6, 6.07) is -0.614. The van der Waals surface area contributed by atoms with Gasteiger partial charge in [-0.3, -0.25) is 14.4 Å². The van der Waals surface area contributed by atoms with E-state index in [0.29, 0.717) is 52.0 Å². The van der Waals surface area contributed by atoms with Gasteiger partial charge in [-0.25, -0.2) is 0 Å². The highest BCUT2D eigenvalue weighted by atomic mass is 79.9. The van der Waals surface area contributed by atoms with Crippen LogP contribution in [0.1, 0.15) is 52.4 Å². The van der Waals surface area contributed by atoms with Gasteiger partial charge >= 0.3 is 0 Å². The van der Waals surface area contributed by atoms with Gasteiger partial charge < -0.3 is 19.8 Å². The molecule has 0 saturated carbocycles. The van der Waals surface area contributed by atoms with Gasteiger partial charge in [-0.2, -0.15) is 0 Å². The Morgan fingerprint density at radius 2 is 1.78 bits per heavy atom. The molecular formula is C27H42BrN3O4S. The molecule has 3 saturated heterocycles. The smallest absolute Gasteiger partial charge is 0.247 e. The van der Waals surface area contributed by atoms with Crippen molar-refractivity contribution in [2.24, 2.45) is 11.8 Å². The highest BCUT2D eigenvalue weighted by Crippen LogP contribution is 2.68. The first kappa shape index (κ1) is 29.2. The summed E-state index contributed by atoms with van der Waals surface area (Å²) < 4.78 is -0.635. The summed E-state index contributed by atoms with van der Waals surface area (Å²) in [6.45, 7) is 14.4. The van der Waals surface area contributed by atoms with Crippen LogP contribution in [0.5, 0.6) is 0 Å². The van der Waals surface area contributed by atoms with E-state index in [-0.39, 0.29) is 34.4 Å². The molecule has 3 heterocycles. The van der Waals surface area contributed by atoms with E-state index >= 15 is 0 Å². The summed E-state index contributed by atoms with van der Waals surface area (Å²) in [5.74, 6) is -1.11. The maximum Gasteiger partial charge on any atom is 0.247 e. The number of aliphatic hydroxyl groups is 1. The highest BCUT2D eigenvalue weighted by molar-refractivity contribution is 9.09. The van der Waals surface area contributed by atoms with Gasteiger partial charge in [-0.15, -0.1) is 24.9 Å². The van der Waals surface area contributed by atoms with Crippen molar-refractivity contribution in [2.75, 3.05) is 39.3 Å². The van der Waals surface area contributed by atoms with Crippen LogP contribution in [0.2, 0.25) is 0 Å². The van der Waals surface area contributed by atoms with E-state index in [0.717, 1.165) is 19.3 Å². The van der Waals surface area contributed by atoms with Crippen molar-refractivity contribution < 1.29 is 19.5 Å². The first-order valence-electron chi connectivity index (χ1n) is 13.3. The Kier molecular flexibility index (Phi) is 10.5. The standard InChI is InChI=1S/C27H42BrN3O4S/c1-5-9-15-30(14-8-4)26(35)23-27-18-19(28)22(36-27)20(24(33)29(12-6-2)13-7-3)21(27)25(34)31(23)16-10-11-17-32/h6,8,19-23,32H,2,4-5,7,9-18H2,1,3H3/t19?,20-,21+,22-,23?,27?/m1/s1. The Balaban J connectivity index is 2.03. The van der Waals surface area contributed by atoms with E-state index in [1.165, 1.54) is 0 Å². The van der Waals surface area contributed by atoms with Gasteiger partial charge in [0.15, 0.2) is 0 Å². The molecule has 3 aliphatic rings. The molecule has 0 aromatic rings. The molecule has 36 heavy (non-hydrogen) atoms. The number of thioether (sulfide) groups is 1. The lowest BCUT2D eigenvalue weighted by Crippen LogP contribution is -2.56. The minimum atomic E-state index is -0.635. The zero-order chi connectivity index (χ0) is 26.5. The van der Waals surface area contributed by atoms with Gasteiger partial charge in [0.2, 0.25) is 17.7 Å². The van der Waals surface area contributed by atoms with Gasteiger partial charge in [0.1, 0.15) is 6.04 Å². The Morgan fingerprint density at radius 3 is 2.36 bits per heavy atom. The average Bonchev–Trinajstić information content (AvgIpc) is 3.44. The Morgan fingerprint density at radius 1 is 1.11 bits per heavy atom. The lowest BCUT2D eigenvalue weighted by atomic mass is 9.70. The van der Waals surface area contributed by atoms with Gasteiger partial charge in [0.25, 0.3) is 0 Å². The fraction of sp³-hybridized carbons (Fsp3) is 0.741. The number of carbonyl (C=O) groups excluding carboxylic acids is 3. The molecule has 3 unspecified atom stereocenters. The van der Waals surface area contributed by atoms with Gasteiger partial charge in [0.05, 0.1) is 16.6 Å². The molecule has 1 N–H and O–H groups in total. The van der Waals surface area contributed by atoms with Crippen molar-refractivity contribution in [3.8, 4) is 0 Å². The van der Waals surface area contributed by atoms with Crippen LogP contribution in [-0.4, -0.2) is 97.7 Å². The normalized spacial score (nSPS) is 30.4. The van der Waals surface area contributed by atoms with E-state index in [2.05, 4.69) is 36.0 Å². The molecule has 3 rings (SSSR count). The quantitative estimate of drug-likeness (QED) is 0.181. The monoisotopic (exact) mass is 583 g/mol. The molecule has 0 aliphatic carbocycles. The second kappa shape index (κ2) is 13.0. The Bertz CT molecular complexity index is 842. The predicted molar refractivity (Wildman–Crippen MR) is 149 cm³/mol. The molecule has 9 heteroatoms. The minimum Gasteiger partial charge on any atom is -0.396 e. The number of rotatable bonds is 15. The maximum absolute atomic E-state index is 14.2. The molecule has 6 atom stereocenters. The Labute approximate surface area is 228 Å². The number of carbonyl (C=O) groups is 3. The lowest BCUT2D eigenvalue weighted by Gasteiger charge is -2.38. The van der Waals surface area contributed by atoms with E-state index < -0.39 is 22.6 Å². The largest absolute Gasteiger partial charge is 0.396 e. The highest BCUT2D eigenvalue weighted by Gasteiger charge is 2.75. The molecule has 3 aliphatic heterocycles. The number of aliphatic hydroxyl groups excluding tert-OH is 1. The molecule has 202 valence electrons. The Hall–Kier alpha value is -1.32. The van der Waals surface area contributed by atoms with E-state index in [1.54, 1.807) is 28.8 Å². The second-order valence-corrected chi connectivity index (χ2v) is 12.8. The van der Waals surface area contributed by atoms with Crippen molar-refractivity contribution in [2.45, 2.75) is 73.2 Å². The topological polar surface area (TPSA) is 81.2 Å². The van der Waals surface area contributed by atoms with Crippen molar-refractivity contribution >= 4 is 45.4 Å². The van der Waals surface area contributed by atoms with Crippen LogP contribution >= 0.6 is 27.7 Å². The number of alkyl halides is 1. The number of nitrogens with zero attached hydrogens (tertiary/aromatic N) is 3. The third-order valence-electron chi connectivity index (χ3n) is 7.71. The molecule has 0 aromatic carbocycles. The van der Waals surface area contributed by atoms with Crippen LogP contribution in [0, 0.1) is 11.8 Å². The zero-order valence-corrected chi connectivity index (χ0v) is 24.1. The number of unbranched alkanes of at least 4 members (excludes halogenated alkanes) is 2. The van der Waals surface area contributed by atoms with E-state index in [9.17, 15) is 19.5 Å². The van der Waals surface area contributed by atoms with Gasteiger partial charge in [-0.1, -0.05) is 48.4 Å². The molecule has 1 spiro atoms. The summed E-state index contributed by atoms with van der Waals surface area (Å²) in [7, 11) is 0. The van der Waals surface area contributed by atoms with Crippen molar-refractivity contribution in [1.29, 1.82) is 0 Å². The second-order valence-electron chi connectivity index (χ2n) is 10.1. The zero-order valence-electron chi connectivity index (χ0n) is 21.7. The van der Waals surface area contributed by atoms with Crippen molar-refractivity contribution in [1.82, 2.24) is 14.7 Å². The summed E-state index contributed by atoms with van der Waals surface area (Å²) in [4.78, 5) is 47.6. The van der Waals surface area contributed by atoms with Crippen LogP contribution in [0.25, 0.3) is 0 Å². The first-order chi connectivity index (χ1) is 17.3. The average molecular weight is 585 g/mol. The van der Waals surface area contributed by atoms with E-state index in [4.69, 9.17) is 0 Å². The van der Waals surface area contributed by atoms with Crippen LogP contribution < -0.4 is 0 Å². The summed E-state index contributed by atoms with van der Waals surface area (Å²) in [5.41, 5.74) is 0. The van der Waals surface area contributed by atoms with Crippen LogP contribution in [0.3, 0.4) is 0 Å². The summed E-state index contributed by atoms with van der Waals surface area (Å²) in [6.07, 6.45) is 8.02. The number of amides is 3. The third kappa shape index (κ3) is 5.30. The summed E-state index contributed by atoms with van der Waals surface area (Å²) in [5, 5.41) is 9.31. The minimum absolute atomic E-state index is 0.00374. The number of likely N-dealkylation sites (tertiary alicyclic amines) is 1. The van der Waals surface area contributed by atoms with Crippen molar-refractivity contribution in [3.05, 3.63) is 25.3 Å². The predicted octanol–water partition coefficient (Wildman–Crippen LogP) is 3.46. The number of hydrogen-bond donors (Lipinski definition) is 1. The molecule has 3 amide bonds. The lowest BCUT2D eigenvalue weighted by molar-refractivity contribution is -0.144. The molecule has 0 aromatic heterocycles. The van der Waals surface area contributed by atoms with Crippen molar-refractivity contribution in [3.63, 3.8) is 0 Å². The fourth-order valence-corrected chi connectivity index (χ4v) is 9.82. The molecule has 7 nitrogen and oxygen atoms in total. The van der Waals surface area contributed by atoms with E-state index in [1.807, 2.05) is 16.7 Å². The van der Waals surface area contributed by atoms with Gasteiger partial charge in [-0.05, 0) is 32.1 Å². The SMILES string of the molecule is C=CCN(CCCC)C(=O)C1N(CCCCO)C(=O)[C@@H]2[C@@H](C(=O)N(CC=C)CCC)[C@@H]3SC12CC3Br. The number of hydrogen-bond acceptors (Lipinski definition) is 5. The first-order valence-corrected chi connectivity index (χ1v) is 15.1. The molecule has 3 fully saturated rings. The van der Waals surface area contributed by atoms with Crippen LogP contribution in [0.4, 0.5) is 0 Å².